The first-order valence-electron chi connectivity index (χ1n) is 15.2. The number of hydrogen-bond acceptors (Lipinski definition) is 6. The Kier molecular flexibility index (Phi) is 9.89. The largest absolute Gasteiger partial charge is 0.497 e. The van der Waals surface area contributed by atoms with Gasteiger partial charge in [-0.05, 0) is 68.4 Å². The van der Waals surface area contributed by atoms with E-state index in [-0.39, 0.29) is 17.1 Å². The summed E-state index contributed by atoms with van der Waals surface area (Å²) in [5.41, 5.74) is 5.28. The molecule has 1 aliphatic rings. The first-order valence-corrected chi connectivity index (χ1v) is 15.2. The molecule has 2 heterocycles. The molecule has 41 heavy (non-hydrogen) atoms. The van der Waals surface area contributed by atoms with Crippen molar-refractivity contribution < 1.29 is 13.9 Å². The number of carbonyl (C=O) groups is 1. The van der Waals surface area contributed by atoms with Crippen molar-refractivity contribution in [1.82, 2.24) is 10.3 Å². The van der Waals surface area contributed by atoms with Crippen LogP contribution in [0.2, 0.25) is 0 Å². The molecule has 216 valence electrons. The molecule has 1 amide bonds. The molecule has 0 unspecified atom stereocenters. The molecule has 0 saturated carbocycles. The molecule has 2 aromatic carbocycles. The molecular weight excluding hydrogens is 514 g/mol. The van der Waals surface area contributed by atoms with E-state index in [4.69, 9.17) is 14.1 Å². The van der Waals surface area contributed by atoms with Gasteiger partial charge in [0, 0.05) is 35.9 Å². The van der Waals surface area contributed by atoms with Crippen LogP contribution in [0, 0.1) is 0 Å². The van der Waals surface area contributed by atoms with E-state index < -0.39 is 0 Å². The number of unbranched alkanes of at least 4 members (excludes halogenated alkanes) is 7. The molecule has 0 aliphatic heterocycles. The SMILES string of the molecule is COc1ccc2oc(C(=O)NCCCCCCCCCCNc3c4c(nc5ccccc35)CCCC4)cc(=O)c2c1. The number of nitrogens with zero attached hydrogens (tertiary/aromatic N) is 1. The lowest BCUT2D eigenvalue weighted by molar-refractivity contribution is 0.0925. The van der Waals surface area contributed by atoms with Gasteiger partial charge < -0.3 is 19.8 Å². The van der Waals surface area contributed by atoms with Crippen molar-refractivity contribution in [2.45, 2.75) is 77.0 Å². The fourth-order valence-electron chi connectivity index (χ4n) is 5.76. The van der Waals surface area contributed by atoms with E-state index in [0.717, 1.165) is 44.2 Å². The Labute approximate surface area is 241 Å². The van der Waals surface area contributed by atoms with Crippen molar-refractivity contribution in [1.29, 1.82) is 0 Å². The smallest absolute Gasteiger partial charge is 0.287 e. The third kappa shape index (κ3) is 7.26. The molecule has 0 spiro atoms. The maximum atomic E-state index is 12.5. The molecule has 0 saturated heterocycles. The van der Waals surface area contributed by atoms with Gasteiger partial charge >= 0.3 is 0 Å². The zero-order chi connectivity index (χ0) is 28.4. The number of methoxy groups -OCH3 is 1. The molecule has 5 rings (SSSR count). The van der Waals surface area contributed by atoms with Gasteiger partial charge in [0.25, 0.3) is 5.91 Å². The van der Waals surface area contributed by atoms with Gasteiger partial charge in [0.1, 0.15) is 11.3 Å². The van der Waals surface area contributed by atoms with Crippen LogP contribution in [0.3, 0.4) is 0 Å². The van der Waals surface area contributed by atoms with Gasteiger partial charge in [-0.15, -0.1) is 0 Å². The third-order valence-corrected chi connectivity index (χ3v) is 8.02. The van der Waals surface area contributed by atoms with Gasteiger partial charge in [-0.2, -0.15) is 0 Å². The van der Waals surface area contributed by atoms with Gasteiger partial charge in [-0.1, -0.05) is 56.7 Å². The highest BCUT2D eigenvalue weighted by Gasteiger charge is 2.18. The third-order valence-electron chi connectivity index (χ3n) is 8.02. The number of pyridine rings is 1. The minimum absolute atomic E-state index is 0.0409. The molecule has 0 bridgehead atoms. The number of nitrogens with one attached hydrogen (secondary N) is 2. The highest BCUT2D eigenvalue weighted by molar-refractivity contribution is 5.94. The van der Waals surface area contributed by atoms with Crippen LogP contribution in [-0.2, 0) is 12.8 Å². The van der Waals surface area contributed by atoms with Crippen LogP contribution in [0.4, 0.5) is 5.69 Å². The Morgan fingerprint density at radius 2 is 1.61 bits per heavy atom. The van der Waals surface area contributed by atoms with Crippen molar-refractivity contribution in [2.75, 3.05) is 25.5 Å². The fraction of sp³-hybridized carbons (Fsp3) is 0.441. The average Bonchev–Trinajstić information content (AvgIpc) is 3.00. The lowest BCUT2D eigenvalue weighted by Gasteiger charge is -2.21. The van der Waals surface area contributed by atoms with Crippen LogP contribution in [0.5, 0.6) is 5.75 Å². The molecule has 0 radical (unpaired) electrons. The number of amides is 1. The highest BCUT2D eigenvalue weighted by atomic mass is 16.5. The van der Waals surface area contributed by atoms with Crippen LogP contribution in [-0.4, -0.2) is 31.1 Å². The van der Waals surface area contributed by atoms with Crippen LogP contribution >= 0.6 is 0 Å². The van der Waals surface area contributed by atoms with Gasteiger partial charge in [0.2, 0.25) is 0 Å². The first kappa shape index (κ1) is 28.7. The first-order chi connectivity index (χ1) is 20.1. The predicted molar refractivity (Wildman–Crippen MR) is 165 cm³/mol. The Balaban J connectivity index is 0.946. The Bertz CT molecular complexity index is 1540. The van der Waals surface area contributed by atoms with E-state index in [2.05, 4.69) is 34.9 Å². The number of carbonyl (C=O) groups excluding carboxylic acids is 1. The van der Waals surface area contributed by atoms with Crippen LogP contribution in [0.1, 0.15) is 86.0 Å². The van der Waals surface area contributed by atoms with Crippen molar-refractivity contribution >= 4 is 33.5 Å². The Morgan fingerprint density at radius 1 is 0.878 bits per heavy atom. The number of benzene rings is 2. The normalized spacial score (nSPS) is 12.8. The summed E-state index contributed by atoms with van der Waals surface area (Å²) in [6.45, 7) is 1.58. The Hall–Kier alpha value is -3.87. The van der Waals surface area contributed by atoms with Crippen molar-refractivity contribution in [3.8, 4) is 5.75 Å². The molecule has 7 nitrogen and oxygen atoms in total. The molecule has 0 fully saturated rings. The second kappa shape index (κ2) is 14.2. The molecular formula is C34H41N3O4. The lowest BCUT2D eigenvalue weighted by Crippen LogP contribution is -2.25. The summed E-state index contributed by atoms with van der Waals surface area (Å²) in [6, 6.07) is 14.7. The number of anilines is 1. The Morgan fingerprint density at radius 3 is 2.41 bits per heavy atom. The molecule has 1 aliphatic carbocycles. The van der Waals surface area contributed by atoms with Crippen molar-refractivity contribution in [3.05, 3.63) is 75.8 Å². The topological polar surface area (TPSA) is 93.5 Å². The summed E-state index contributed by atoms with van der Waals surface area (Å²) in [7, 11) is 1.54. The minimum Gasteiger partial charge on any atom is -0.497 e. The summed E-state index contributed by atoms with van der Waals surface area (Å²) in [6.07, 6.45) is 14.0. The number of aryl methyl sites for hydroxylation is 1. The molecule has 2 aromatic heterocycles. The summed E-state index contributed by atoms with van der Waals surface area (Å²) in [5, 5.41) is 8.31. The summed E-state index contributed by atoms with van der Waals surface area (Å²) < 4.78 is 10.8. The second-order valence-corrected chi connectivity index (χ2v) is 11.0. The average molecular weight is 556 g/mol. The van der Waals surface area contributed by atoms with Gasteiger partial charge in [0.15, 0.2) is 11.2 Å². The summed E-state index contributed by atoms with van der Waals surface area (Å²) in [5.74, 6) is 0.264. The molecule has 7 heteroatoms. The molecule has 4 aromatic rings. The molecule has 0 atom stereocenters. The van der Waals surface area contributed by atoms with Crippen molar-refractivity contribution in [2.24, 2.45) is 0 Å². The maximum Gasteiger partial charge on any atom is 0.287 e. The van der Waals surface area contributed by atoms with E-state index in [1.165, 1.54) is 73.3 Å². The predicted octanol–water partition coefficient (Wildman–Crippen LogP) is 7.19. The van der Waals surface area contributed by atoms with Crippen LogP contribution in [0.25, 0.3) is 21.9 Å². The lowest BCUT2D eigenvalue weighted by atomic mass is 9.92. The number of hydrogen-bond donors (Lipinski definition) is 2. The highest BCUT2D eigenvalue weighted by Crippen LogP contribution is 2.33. The summed E-state index contributed by atoms with van der Waals surface area (Å²) >= 11 is 0. The number of fused-ring (bicyclic) bond motifs is 3. The fourth-order valence-corrected chi connectivity index (χ4v) is 5.76. The van der Waals surface area contributed by atoms with Crippen LogP contribution in [0.15, 0.2) is 57.7 Å². The number of ether oxygens (including phenoxy) is 1. The summed E-state index contributed by atoms with van der Waals surface area (Å²) in [4.78, 5) is 29.8. The van der Waals surface area contributed by atoms with E-state index in [1.807, 2.05) is 0 Å². The zero-order valence-corrected chi connectivity index (χ0v) is 24.1. The number of aromatic nitrogens is 1. The van der Waals surface area contributed by atoms with Gasteiger partial charge in [0.05, 0.1) is 18.0 Å². The van der Waals surface area contributed by atoms with Crippen molar-refractivity contribution in [3.63, 3.8) is 0 Å². The van der Waals surface area contributed by atoms with Gasteiger partial charge in [-0.25, -0.2) is 0 Å². The number of para-hydroxylation sites is 1. The maximum absolute atomic E-state index is 12.5. The van der Waals surface area contributed by atoms with E-state index in [0.29, 0.717) is 23.3 Å². The zero-order valence-electron chi connectivity index (χ0n) is 24.1. The van der Waals surface area contributed by atoms with E-state index in [1.54, 1.807) is 25.3 Å². The van der Waals surface area contributed by atoms with Crippen LogP contribution < -0.4 is 20.8 Å². The molecule has 2 N–H and O–H groups in total. The van der Waals surface area contributed by atoms with E-state index in [9.17, 15) is 9.59 Å². The quantitative estimate of drug-likeness (QED) is 0.160. The monoisotopic (exact) mass is 555 g/mol. The standard InChI is InChI=1S/C34H41N3O4/c1-40-24-18-19-31-27(22-24)30(38)23-32(41-31)34(39)36-21-13-7-5-3-2-4-6-12-20-35-33-25-14-8-10-16-28(25)37-29-17-11-9-15-26(29)33/h8,10,14,16,18-19,22-23H,2-7,9,11-13,15,17,20-21H2,1H3,(H,35,37)(H,36,39). The van der Waals surface area contributed by atoms with Gasteiger partial charge in [-0.3, -0.25) is 14.6 Å². The minimum atomic E-state index is -0.353. The second-order valence-electron chi connectivity index (χ2n) is 11.0. The number of rotatable bonds is 14. The van der Waals surface area contributed by atoms with E-state index >= 15 is 0 Å².